The van der Waals surface area contributed by atoms with E-state index < -0.39 is 5.97 Å². The number of hydrogen-bond acceptors (Lipinski definition) is 1. The highest BCUT2D eigenvalue weighted by atomic mass is 16.4. The summed E-state index contributed by atoms with van der Waals surface area (Å²) in [6.07, 6.45) is 6.95. The molecule has 72 valence electrons. The molecule has 0 radical (unpaired) electrons. The first-order chi connectivity index (χ1) is 6.22. The summed E-state index contributed by atoms with van der Waals surface area (Å²) in [5.41, 5.74) is -0.272. The van der Waals surface area contributed by atoms with Gasteiger partial charge in [0.25, 0.3) is 0 Å². The van der Waals surface area contributed by atoms with Gasteiger partial charge < -0.3 is 5.11 Å². The molecule has 0 aromatic heterocycles. The Kier molecular flexibility index (Phi) is 1.38. The Labute approximate surface area is 78.3 Å². The van der Waals surface area contributed by atoms with Crippen molar-refractivity contribution in [2.75, 3.05) is 0 Å². The molecular weight excluding hydrogens is 164 g/mol. The lowest BCUT2D eigenvalue weighted by molar-refractivity contribution is -0.156. The Hall–Kier alpha value is -0.530. The smallest absolute Gasteiger partial charge is 0.309 e. The SMILES string of the molecule is O=C(O)[C@]12CCC[C@H]3C[C@H](C[C@H]31)C2. The second-order valence-corrected chi connectivity index (χ2v) is 5.26. The standard InChI is InChI=1S/C11H16O2/c12-10(13)11-3-1-2-8-4-7(6-11)5-9(8)11/h7-9H,1-6H2,(H,12,13)/t7-,8+,9-,11+/m1/s1. The van der Waals surface area contributed by atoms with Crippen molar-refractivity contribution in [1.82, 2.24) is 0 Å². The molecule has 3 saturated carbocycles. The van der Waals surface area contributed by atoms with Gasteiger partial charge in [-0.05, 0) is 43.4 Å². The molecule has 0 aromatic carbocycles. The molecule has 2 heteroatoms. The molecule has 2 nitrogen and oxygen atoms in total. The fourth-order valence-electron chi connectivity index (χ4n) is 4.39. The number of fused-ring (bicyclic) bond motifs is 1. The van der Waals surface area contributed by atoms with Crippen molar-refractivity contribution >= 4 is 5.97 Å². The number of carboxylic acid groups (broad SMARTS) is 1. The summed E-state index contributed by atoms with van der Waals surface area (Å²) in [5.74, 6) is 1.57. The first-order valence-corrected chi connectivity index (χ1v) is 5.46. The van der Waals surface area contributed by atoms with E-state index in [0.29, 0.717) is 5.92 Å². The molecule has 3 aliphatic carbocycles. The Morgan fingerprint density at radius 2 is 2.23 bits per heavy atom. The first kappa shape index (κ1) is 7.84. The van der Waals surface area contributed by atoms with Gasteiger partial charge in [-0.3, -0.25) is 4.79 Å². The zero-order chi connectivity index (χ0) is 9.05. The van der Waals surface area contributed by atoms with Crippen LogP contribution in [0.3, 0.4) is 0 Å². The number of hydrogen-bond donors (Lipinski definition) is 1. The van der Waals surface area contributed by atoms with Crippen molar-refractivity contribution in [3.63, 3.8) is 0 Å². The lowest BCUT2D eigenvalue weighted by atomic mass is 9.61. The summed E-state index contributed by atoms with van der Waals surface area (Å²) in [5, 5.41) is 9.34. The van der Waals surface area contributed by atoms with Crippen LogP contribution in [0.15, 0.2) is 0 Å². The molecule has 0 heterocycles. The van der Waals surface area contributed by atoms with Crippen LogP contribution in [0.25, 0.3) is 0 Å². The molecule has 13 heavy (non-hydrogen) atoms. The minimum Gasteiger partial charge on any atom is -0.481 e. The van der Waals surface area contributed by atoms with Crippen molar-refractivity contribution in [3.8, 4) is 0 Å². The summed E-state index contributed by atoms with van der Waals surface area (Å²) in [4.78, 5) is 11.3. The van der Waals surface area contributed by atoms with E-state index in [1.165, 1.54) is 19.3 Å². The van der Waals surface area contributed by atoms with Crippen molar-refractivity contribution in [2.24, 2.45) is 23.2 Å². The third kappa shape index (κ3) is 0.818. The van der Waals surface area contributed by atoms with E-state index in [9.17, 15) is 9.90 Å². The third-order valence-corrected chi connectivity index (χ3v) is 4.78. The fraction of sp³-hybridized carbons (Fsp3) is 0.909. The van der Waals surface area contributed by atoms with E-state index in [2.05, 4.69) is 0 Å². The van der Waals surface area contributed by atoms with Crippen LogP contribution in [-0.2, 0) is 4.79 Å². The summed E-state index contributed by atoms with van der Waals surface area (Å²) >= 11 is 0. The topological polar surface area (TPSA) is 37.3 Å². The van der Waals surface area contributed by atoms with Crippen molar-refractivity contribution in [2.45, 2.75) is 38.5 Å². The van der Waals surface area contributed by atoms with Crippen LogP contribution in [0.2, 0.25) is 0 Å². The van der Waals surface area contributed by atoms with Gasteiger partial charge in [0.2, 0.25) is 0 Å². The average molecular weight is 180 g/mol. The van der Waals surface area contributed by atoms with Crippen molar-refractivity contribution in [3.05, 3.63) is 0 Å². The minimum absolute atomic E-state index is 0.272. The molecule has 0 saturated heterocycles. The zero-order valence-corrected chi connectivity index (χ0v) is 7.83. The zero-order valence-electron chi connectivity index (χ0n) is 7.83. The second kappa shape index (κ2) is 2.28. The summed E-state index contributed by atoms with van der Waals surface area (Å²) < 4.78 is 0. The molecule has 0 spiro atoms. The normalized spacial score (nSPS) is 52.5. The van der Waals surface area contributed by atoms with Crippen LogP contribution in [0, 0.1) is 23.2 Å². The summed E-state index contributed by atoms with van der Waals surface area (Å²) in [6.45, 7) is 0. The number of carbonyl (C=O) groups is 1. The van der Waals surface area contributed by atoms with E-state index in [0.717, 1.165) is 31.1 Å². The first-order valence-electron chi connectivity index (χ1n) is 5.46. The average Bonchev–Trinajstić information content (AvgIpc) is 2.58. The lowest BCUT2D eigenvalue weighted by Crippen LogP contribution is -2.43. The molecule has 0 unspecified atom stereocenters. The molecule has 4 atom stereocenters. The van der Waals surface area contributed by atoms with E-state index in [1.54, 1.807) is 0 Å². The molecule has 0 aromatic rings. The van der Waals surface area contributed by atoms with E-state index >= 15 is 0 Å². The van der Waals surface area contributed by atoms with Gasteiger partial charge in [-0.15, -0.1) is 0 Å². The van der Waals surface area contributed by atoms with Crippen LogP contribution in [0.4, 0.5) is 0 Å². The maximum atomic E-state index is 11.3. The molecule has 2 bridgehead atoms. The highest BCUT2D eigenvalue weighted by Crippen LogP contribution is 2.64. The largest absolute Gasteiger partial charge is 0.481 e. The summed E-state index contributed by atoms with van der Waals surface area (Å²) in [6, 6.07) is 0. The maximum absolute atomic E-state index is 11.3. The predicted molar refractivity (Wildman–Crippen MR) is 48.2 cm³/mol. The van der Waals surface area contributed by atoms with E-state index in [4.69, 9.17) is 0 Å². The van der Waals surface area contributed by atoms with Crippen molar-refractivity contribution in [1.29, 1.82) is 0 Å². The second-order valence-electron chi connectivity index (χ2n) is 5.26. The third-order valence-electron chi connectivity index (χ3n) is 4.78. The molecule has 0 amide bonds. The van der Waals surface area contributed by atoms with Crippen LogP contribution >= 0.6 is 0 Å². The number of rotatable bonds is 1. The molecule has 3 aliphatic rings. The Bertz CT molecular complexity index is 261. The Balaban J connectivity index is 2.00. The van der Waals surface area contributed by atoms with Gasteiger partial charge in [0.15, 0.2) is 0 Å². The number of carboxylic acids is 1. The van der Waals surface area contributed by atoms with E-state index in [-0.39, 0.29) is 5.41 Å². The Morgan fingerprint density at radius 3 is 2.85 bits per heavy atom. The highest BCUT2D eigenvalue weighted by molar-refractivity contribution is 5.76. The van der Waals surface area contributed by atoms with Gasteiger partial charge in [0.05, 0.1) is 5.41 Å². The highest BCUT2D eigenvalue weighted by Gasteiger charge is 2.60. The van der Waals surface area contributed by atoms with Crippen LogP contribution in [-0.4, -0.2) is 11.1 Å². The van der Waals surface area contributed by atoms with Gasteiger partial charge in [-0.25, -0.2) is 0 Å². The molecule has 1 N–H and O–H groups in total. The van der Waals surface area contributed by atoms with Crippen molar-refractivity contribution < 1.29 is 9.90 Å². The van der Waals surface area contributed by atoms with Gasteiger partial charge in [0.1, 0.15) is 0 Å². The van der Waals surface area contributed by atoms with Gasteiger partial charge in [0, 0.05) is 0 Å². The van der Waals surface area contributed by atoms with Gasteiger partial charge >= 0.3 is 5.97 Å². The Morgan fingerprint density at radius 1 is 1.38 bits per heavy atom. The monoisotopic (exact) mass is 180 g/mol. The fourth-order valence-corrected chi connectivity index (χ4v) is 4.39. The van der Waals surface area contributed by atoms with Crippen LogP contribution < -0.4 is 0 Å². The molecule has 3 rings (SSSR count). The van der Waals surface area contributed by atoms with Gasteiger partial charge in [-0.1, -0.05) is 12.8 Å². The summed E-state index contributed by atoms with van der Waals surface area (Å²) in [7, 11) is 0. The molecule has 0 aliphatic heterocycles. The van der Waals surface area contributed by atoms with Crippen LogP contribution in [0.1, 0.15) is 38.5 Å². The predicted octanol–water partition coefficient (Wildman–Crippen LogP) is 2.29. The molecule has 3 fully saturated rings. The quantitative estimate of drug-likeness (QED) is 0.672. The van der Waals surface area contributed by atoms with Gasteiger partial charge in [-0.2, -0.15) is 0 Å². The maximum Gasteiger partial charge on any atom is 0.309 e. The molecular formula is C11H16O2. The number of aliphatic carboxylic acids is 1. The van der Waals surface area contributed by atoms with E-state index in [1.807, 2.05) is 0 Å². The lowest BCUT2D eigenvalue weighted by Gasteiger charge is -2.42. The van der Waals surface area contributed by atoms with Crippen LogP contribution in [0.5, 0.6) is 0 Å². The minimum atomic E-state index is -0.496.